The van der Waals surface area contributed by atoms with Crippen LogP contribution in [0, 0.1) is 0 Å². The first-order chi connectivity index (χ1) is 24.6. The number of fused-ring (bicyclic) bond motifs is 12. The van der Waals surface area contributed by atoms with Gasteiger partial charge in [0, 0.05) is 21.9 Å². The fourth-order valence-electron chi connectivity index (χ4n) is 8.37. The molecule has 0 fully saturated rings. The molecule has 0 spiro atoms. The van der Waals surface area contributed by atoms with Crippen molar-refractivity contribution in [3.05, 3.63) is 163 Å². The summed E-state index contributed by atoms with van der Waals surface area (Å²) in [5, 5.41) is 10.3. The SMILES string of the molecule is CC.CC.CC1(C)c2ccccc2-c2cc(-c3ccc4c(c3)c3ccccc3n4-c3ccc4c5ccccc5c5ccccc5c4c3)ccc21. The van der Waals surface area contributed by atoms with Gasteiger partial charge in [-0.1, -0.05) is 157 Å². The molecule has 0 bridgehead atoms. The second-order valence-electron chi connectivity index (χ2n) is 13.3. The fourth-order valence-corrected chi connectivity index (χ4v) is 8.37. The van der Waals surface area contributed by atoms with Crippen molar-refractivity contribution in [2.24, 2.45) is 0 Å². The molecular formula is C49H43N. The summed E-state index contributed by atoms with van der Waals surface area (Å²) in [6.45, 7) is 12.7. The quantitative estimate of drug-likeness (QED) is 0.165. The molecular weight excluding hydrogens is 603 g/mol. The monoisotopic (exact) mass is 645 g/mol. The lowest BCUT2D eigenvalue weighted by atomic mass is 9.82. The molecule has 0 N–H and O–H groups in total. The van der Waals surface area contributed by atoms with Crippen LogP contribution < -0.4 is 0 Å². The maximum Gasteiger partial charge on any atom is 0.0541 e. The molecule has 0 atom stereocenters. The highest BCUT2D eigenvalue weighted by atomic mass is 15.0. The van der Waals surface area contributed by atoms with Crippen LogP contribution in [0.5, 0.6) is 0 Å². The Morgan fingerprint density at radius 2 is 0.860 bits per heavy atom. The number of hydrogen-bond donors (Lipinski definition) is 0. The normalized spacial score (nSPS) is 12.8. The summed E-state index contributed by atoms with van der Waals surface area (Å²) >= 11 is 0. The second kappa shape index (κ2) is 12.3. The van der Waals surface area contributed by atoms with Crippen molar-refractivity contribution in [3.63, 3.8) is 0 Å². The Hall–Kier alpha value is -5.66. The molecule has 1 nitrogen and oxygen atoms in total. The Labute approximate surface area is 295 Å². The molecule has 1 heterocycles. The number of aromatic nitrogens is 1. The number of hydrogen-bond acceptors (Lipinski definition) is 0. The van der Waals surface area contributed by atoms with E-state index in [0.717, 1.165) is 0 Å². The maximum absolute atomic E-state index is 2.44. The summed E-state index contributed by atoms with van der Waals surface area (Å²) in [7, 11) is 0. The first kappa shape index (κ1) is 31.6. The van der Waals surface area contributed by atoms with Crippen molar-refractivity contribution in [3.8, 4) is 27.9 Å². The number of benzene rings is 8. The molecule has 0 saturated heterocycles. The van der Waals surface area contributed by atoms with Crippen LogP contribution in [0.4, 0.5) is 0 Å². The van der Waals surface area contributed by atoms with E-state index in [2.05, 4.69) is 170 Å². The zero-order chi connectivity index (χ0) is 34.6. The molecule has 9 aromatic rings. The van der Waals surface area contributed by atoms with Crippen molar-refractivity contribution in [1.82, 2.24) is 4.57 Å². The van der Waals surface area contributed by atoms with Crippen molar-refractivity contribution < 1.29 is 0 Å². The predicted molar refractivity (Wildman–Crippen MR) is 219 cm³/mol. The highest BCUT2D eigenvalue weighted by Crippen LogP contribution is 2.49. The summed E-state index contributed by atoms with van der Waals surface area (Å²) in [5.41, 5.74) is 11.7. The van der Waals surface area contributed by atoms with Crippen LogP contribution >= 0.6 is 0 Å². The highest BCUT2D eigenvalue weighted by Gasteiger charge is 2.35. The van der Waals surface area contributed by atoms with Crippen molar-refractivity contribution in [2.75, 3.05) is 0 Å². The van der Waals surface area contributed by atoms with E-state index < -0.39 is 0 Å². The smallest absolute Gasteiger partial charge is 0.0541 e. The first-order valence-corrected chi connectivity index (χ1v) is 18.2. The van der Waals surface area contributed by atoms with Gasteiger partial charge in [0.2, 0.25) is 0 Å². The molecule has 1 heteroatoms. The third-order valence-corrected chi connectivity index (χ3v) is 10.6. The average molecular weight is 646 g/mol. The van der Waals surface area contributed by atoms with Gasteiger partial charge >= 0.3 is 0 Å². The molecule has 8 aromatic carbocycles. The van der Waals surface area contributed by atoms with Crippen LogP contribution in [0.2, 0.25) is 0 Å². The number of para-hydroxylation sites is 1. The molecule has 50 heavy (non-hydrogen) atoms. The van der Waals surface area contributed by atoms with Gasteiger partial charge in [0.15, 0.2) is 0 Å². The summed E-state index contributed by atoms with van der Waals surface area (Å²) in [4.78, 5) is 0. The fraction of sp³-hybridized carbons (Fsp3) is 0.143. The van der Waals surface area contributed by atoms with Crippen LogP contribution in [-0.2, 0) is 5.41 Å². The van der Waals surface area contributed by atoms with Gasteiger partial charge in [0.1, 0.15) is 0 Å². The Morgan fingerprint density at radius 3 is 1.56 bits per heavy atom. The Morgan fingerprint density at radius 1 is 0.360 bits per heavy atom. The molecule has 1 aliphatic rings. The molecule has 0 aliphatic heterocycles. The lowest BCUT2D eigenvalue weighted by molar-refractivity contribution is 0.660. The topological polar surface area (TPSA) is 4.93 Å². The molecule has 1 aliphatic carbocycles. The third-order valence-electron chi connectivity index (χ3n) is 10.6. The van der Waals surface area contributed by atoms with Gasteiger partial charge in [0.25, 0.3) is 0 Å². The minimum Gasteiger partial charge on any atom is -0.309 e. The van der Waals surface area contributed by atoms with E-state index in [1.54, 1.807) is 0 Å². The van der Waals surface area contributed by atoms with Crippen molar-refractivity contribution >= 4 is 54.1 Å². The van der Waals surface area contributed by atoms with Crippen LogP contribution in [0.15, 0.2) is 152 Å². The van der Waals surface area contributed by atoms with Crippen LogP contribution in [0.3, 0.4) is 0 Å². The first-order valence-electron chi connectivity index (χ1n) is 18.2. The van der Waals surface area contributed by atoms with E-state index in [0.29, 0.717) is 0 Å². The van der Waals surface area contributed by atoms with E-state index in [-0.39, 0.29) is 5.41 Å². The van der Waals surface area contributed by atoms with Gasteiger partial charge in [-0.3, -0.25) is 0 Å². The second-order valence-corrected chi connectivity index (χ2v) is 13.3. The highest BCUT2D eigenvalue weighted by molar-refractivity contribution is 6.25. The van der Waals surface area contributed by atoms with Crippen molar-refractivity contribution in [1.29, 1.82) is 0 Å². The molecule has 1 aromatic heterocycles. The van der Waals surface area contributed by atoms with E-state index in [9.17, 15) is 0 Å². The summed E-state index contributed by atoms with van der Waals surface area (Å²) in [5.74, 6) is 0. The van der Waals surface area contributed by atoms with Gasteiger partial charge in [-0.2, -0.15) is 0 Å². The minimum atomic E-state index is 0.0132. The standard InChI is InChI=1S/C45H31N.2C2H6/c1-45(2)41-17-9-7-15-36(41)39-25-28(19-23-42(39)45)29-20-24-44-40(26-29)37-16-8-10-18-43(37)46(44)30-21-22-35-33-13-4-3-11-31(33)32-12-5-6-14-34(32)38(35)27-30;2*1-2/h3-27H,1-2H3;2*1-2H3. The molecule has 0 saturated carbocycles. The molecule has 0 amide bonds. The molecule has 0 radical (unpaired) electrons. The van der Waals surface area contributed by atoms with Gasteiger partial charge in [-0.05, 0) is 102 Å². The minimum absolute atomic E-state index is 0.0132. The van der Waals surface area contributed by atoms with E-state index >= 15 is 0 Å². The predicted octanol–water partition coefficient (Wildman–Crippen LogP) is 14.3. The van der Waals surface area contributed by atoms with E-state index in [1.165, 1.54) is 93.2 Å². The number of nitrogens with zero attached hydrogens (tertiary/aromatic N) is 1. The van der Waals surface area contributed by atoms with Crippen LogP contribution in [0.25, 0.3) is 82.1 Å². The lowest BCUT2D eigenvalue weighted by Gasteiger charge is -2.21. The summed E-state index contributed by atoms with van der Waals surface area (Å²) in [6, 6.07) is 56.4. The van der Waals surface area contributed by atoms with Gasteiger partial charge < -0.3 is 4.57 Å². The van der Waals surface area contributed by atoms with E-state index in [1.807, 2.05) is 27.7 Å². The van der Waals surface area contributed by atoms with Crippen LogP contribution in [0.1, 0.15) is 52.7 Å². The molecule has 244 valence electrons. The number of rotatable bonds is 2. The lowest BCUT2D eigenvalue weighted by Crippen LogP contribution is -2.14. The van der Waals surface area contributed by atoms with Crippen LogP contribution in [-0.4, -0.2) is 4.57 Å². The Kier molecular flexibility index (Phi) is 7.80. The third kappa shape index (κ3) is 4.61. The van der Waals surface area contributed by atoms with Gasteiger partial charge in [0.05, 0.1) is 11.0 Å². The zero-order valence-corrected chi connectivity index (χ0v) is 29.9. The van der Waals surface area contributed by atoms with E-state index in [4.69, 9.17) is 0 Å². The zero-order valence-electron chi connectivity index (χ0n) is 29.9. The molecule has 0 unspecified atom stereocenters. The summed E-state index contributed by atoms with van der Waals surface area (Å²) < 4.78 is 2.44. The maximum atomic E-state index is 2.44. The Bertz CT molecular complexity index is 2690. The summed E-state index contributed by atoms with van der Waals surface area (Å²) in [6.07, 6.45) is 0. The molecule has 10 rings (SSSR count). The average Bonchev–Trinajstić information content (AvgIpc) is 3.64. The van der Waals surface area contributed by atoms with Gasteiger partial charge in [-0.25, -0.2) is 0 Å². The largest absolute Gasteiger partial charge is 0.309 e. The Balaban J connectivity index is 0.000000873. The van der Waals surface area contributed by atoms with Crippen molar-refractivity contribution in [2.45, 2.75) is 47.0 Å². The van der Waals surface area contributed by atoms with Gasteiger partial charge in [-0.15, -0.1) is 0 Å².